The number of hydrogen-bond acceptors (Lipinski definition) is 5. The van der Waals surface area contributed by atoms with Gasteiger partial charge < -0.3 is 15.4 Å². The summed E-state index contributed by atoms with van der Waals surface area (Å²) in [5.74, 6) is 0.814. The van der Waals surface area contributed by atoms with Crippen LogP contribution < -0.4 is 15.4 Å². The molecule has 0 saturated heterocycles. The van der Waals surface area contributed by atoms with Crippen molar-refractivity contribution in [3.05, 3.63) is 70.9 Å². The number of amides is 1. The van der Waals surface area contributed by atoms with Gasteiger partial charge in [0.05, 0.1) is 18.4 Å². The summed E-state index contributed by atoms with van der Waals surface area (Å²) in [6, 6.07) is 15.9. The number of aryl methyl sites for hydroxylation is 1. The molecule has 2 N–H and O–H groups in total. The number of hydrogen-bond donors (Lipinski definition) is 2. The van der Waals surface area contributed by atoms with E-state index in [-0.39, 0.29) is 5.91 Å². The van der Waals surface area contributed by atoms with Crippen LogP contribution in [0.3, 0.4) is 0 Å². The van der Waals surface area contributed by atoms with Gasteiger partial charge in [0.25, 0.3) is 5.91 Å². The van der Waals surface area contributed by atoms with E-state index < -0.39 is 0 Å². The lowest BCUT2D eigenvalue weighted by atomic mass is 10.1. The Balaban J connectivity index is 1.70. The van der Waals surface area contributed by atoms with E-state index in [1.54, 1.807) is 30.3 Å². The molecular weight excluding hydrogens is 352 g/mol. The molecule has 132 valence electrons. The van der Waals surface area contributed by atoms with Gasteiger partial charge in [-0.15, -0.1) is 5.10 Å². The summed E-state index contributed by atoms with van der Waals surface area (Å²) in [5, 5.41) is 14.5. The summed E-state index contributed by atoms with van der Waals surface area (Å²) in [6.45, 7) is 1.88. The number of carbonyl (C=O) groups excluding carboxylic acids is 1. The van der Waals surface area contributed by atoms with Crippen molar-refractivity contribution in [2.24, 2.45) is 0 Å². The molecule has 7 heteroatoms. The zero-order valence-electron chi connectivity index (χ0n) is 14.3. The van der Waals surface area contributed by atoms with Crippen LogP contribution in [-0.4, -0.2) is 23.2 Å². The van der Waals surface area contributed by atoms with Crippen molar-refractivity contribution in [1.82, 2.24) is 10.2 Å². The van der Waals surface area contributed by atoms with Crippen LogP contribution in [0.1, 0.15) is 16.1 Å². The number of aromatic nitrogens is 2. The molecule has 0 saturated carbocycles. The molecule has 1 amide bonds. The molecule has 0 spiro atoms. The highest BCUT2D eigenvalue weighted by atomic mass is 35.5. The van der Waals surface area contributed by atoms with E-state index in [4.69, 9.17) is 16.3 Å². The lowest BCUT2D eigenvalue weighted by molar-refractivity contribution is 0.102. The molecule has 1 heterocycles. The van der Waals surface area contributed by atoms with Crippen LogP contribution in [0.2, 0.25) is 5.02 Å². The highest BCUT2D eigenvalue weighted by Crippen LogP contribution is 2.24. The standard InChI is InChI=1S/C19H17ClN4O2/c1-12-3-10-18(24-23-12)21-14-5-7-15(8-6-14)22-19(25)16-11-13(20)4-9-17(16)26-2/h3-11H,1-2H3,(H,21,24)(H,22,25). The highest BCUT2D eigenvalue weighted by molar-refractivity contribution is 6.31. The summed E-state index contributed by atoms with van der Waals surface area (Å²) in [6.07, 6.45) is 0. The number of methoxy groups -OCH3 is 1. The minimum atomic E-state index is -0.297. The molecule has 0 radical (unpaired) electrons. The molecule has 3 rings (SSSR count). The highest BCUT2D eigenvalue weighted by Gasteiger charge is 2.13. The zero-order chi connectivity index (χ0) is 18.5. The maximum atomic E-state index is 12.5. The zero-order valence-corrected chi connectivity index (χ0v) is 15.0. The van der Waals surface area contributed by atoms with Crippen LogP contribution in [0.15, 0.2) is 54.6 Å². The van der Waals surface area contributed by atoms with Crippen molar-refractivity contribution in [3.63, 3.8) is 0 Å². The topological polar surface area (TPSA) is 76.1 Å². The summed E-state index contributed by atoms with van der Waals surface area (Å²) in [7, 11) is 1.51. The van der Waals surface area contributed by atoms with Crippen LogP contribution >= 0.6 is 11.6 Å². The fourth-order valence-electron chi connectivity index (χ4n) is 2.31. The van der Waals surface area contributed by atoms with E-state index in [1.165, 1.54) is 7.11 Å². The van der Waals surface area contributed by atoms with Gasteiger partial charge >= 0.3 is 0 Å². The van der Waals surface area contributed by atoms with Crippen molar-refractivity contribution in [2.75, 3.05) is 17.7 Å². The Morgan fingerprint density at radius 1 is 1.00 bits per heavy atom. The second-order valence-corrected chi connectivity index (χ2v) is 6.00. The first-order valence-electron chi connectivity index (χ1n) is 7.87. The molecule has 26 heavy (non-hydrogen) atoms. The van der Waals surface area contributed by atoms with Crippen LogP contribution in [0.25, 0.3) is 0 Å². The van der Waals surface area contributed by atoms with E-state index in [9.17, 15) is 4.79 Å². The molecule has 0 atom stereocenters. The smallest absolute Gasteiger partial charge is 0.259 e. The lowest BCUT2D eigenvalue weighted by Crippen LogP contribution is -2.13. The molecule has 3 aromatic rings. The SMILES string of the molecule is COc1ccc(Cl)cc1C(=O)Nc1ccc(Nc2ccc(C)nn2)cc1. The lowest BCUT2D eigenvalue weighted by Gasteiger charge is -2.11. The molecule has 0 aliphatic heterocycles. The molecule has 0 fully saturated rings. The first kappa shape index (κ1) is 17.7. The Morgan fingerprint density at radius 3 is 2.38 bits per heavy atom. The van der Waals surface area contributed by atoms with Crippen LogP contribution in [0.5, 0.6) is 5.75 Å². The minimum absolute atomic E-state index is 0.297. The molecule has 2 aromatic carbocycles. The number of halogens is 1. The fourth-order valence-corrected chi connectivity index (χ4v) is 2.48. The van der Waals surface area contributed by atoms with Crippen molar-refractivity contribution in [2.45, 2.75) is 6.92 Å². The van der Waals surface area contributed by atoms with Gasteiger partial charge in [0.1, 0.15) is 5.75 Å². The van der Waals surface area contributed by atoms with Gasteiger partial charge in [-0.25, -0.2) is 0 Å². The third-order valence-electron chi connectivity index (χ3n) is 3.62. The molecular formula is C19H17ClN4O2. The molecule has 0 bridgehead atoms. The van der Waals surface area contributed by atoms with Gasteiger partial charge in [-0.05, 0) is 61.5 Å². The van der Waals surface area contributed by atoms with E-state index in [0.29, 0.717) is 27.8 Å². The molecule has 0 unspecified atom stereocenters. The number of rotatable bonds is 5. The largest absolute Gasteiger partial charge is 0.496 e. The van der Waals surface area contributed by atoms with Crippen LogP contribution in [-0.2, 0) is 0 Å². The van der Waals surface area contributed by atoms with E-state index >= 15 is 0 Å². The van der Waals surface area contributed by atoms with Crippen LogP contribution in [0.4, 0.5) is 17.2 Å². The third-order valence-corrected chi connectivity index (χ3v) is 3.85. The quantitative estimate of drug-likeness (QED) is 0.696. The molecule has 0 aliphatic rings. The van der Waals surface area contributed by atoms with Crippen molar-refractivity contribution < 1.29 is 9.53 Å². The molecule has 1 aromatic heterocycles. The number of ether oxygens (including phenoxy) is 1. The Bertz CT molecular complexity index is 912. The Hall–Kier alpha value is -3.12. The number of benzene rings is 2. The summed E-state index contributed by atoms with van der Waals surface area (Å²) in [5.41, 5.74) is 2.71. The summed E-state index contributed by atoms with van der Waals surface area (Å²) in [4.78, 5) is 12.5. The summed E-state index contributed by atoms with van der Waals surface area (Å²) < 4.78 is 5.21. The Morgan fingerprint density at radius 2 is 1.73 bits per heavy atom. The van der Waals surface area contributed by atoms with Gasteiger partial charge in [0.2, 0.25) is 0 Å². The predicted molar refractivity (Wildman–Crippen MR) is 102 cm³/mol. The summed E-state index contributed by atoms with van der Waals surface area (Å²) >= 11 is 5.97. The van der Waals surface area contributed by atoms with E-state index in [1.807, 2.05) is 31.2 Å². The average Bonchev–Trinajstić information content (AvgIpc) is 2.65. The number of nitrogens with one attached hydrogen (secondary N) is 2. The average molecular weight is 369 g/mol. The van der Waals surface area contributed by atoms with Crippen molar-refractivity contribution >= 4 is 34.7 Å². The monoisotopic (exact) mass is 368 g/mol. The molecule has 0 aliphatic carbocycles. The van der Waals surface area contributed by atoms with Gasteiger partial charge in [0.15, 0.2) is 5.82 Å². The second-order valence-electron chi connectivity index (χ2n) is 5.56. The molecule has 6 nitrogen and oxygen atoms in total. The second kappa shape index (κ2) is 7.84. The number of nitrogens with zero attached hydrogens (tertiary/aromatic N) is 2. The van der Waals surface area contributed by atoms with Gasteiger partial charge in [0, 0.05) is 16.4 Å². The first-order chi connectivity index (χ1) is 12.5. The maximum Gasteiger partial charge on any atom is 0.259 e. The number of carbonyl (C=O) groups is 1. The number of anilines is 3. The van der Waals surface area contributed by atoms with E-state index in [0.717, 1.165) is 11.4 Å². The Labute approximate surface area is 156 Å². The maximum absolute atomic E-state index is 12.5. The van der Waals surface area contributed by atoms with Gasteiger partial charge in [-0.1, -0.05) is 11.6 Å². The van der Waals surface area contributed by atoms with Gasteiger partial charge in [-0.2, -0.15) is 5.10 Å². The van der Waals surface area contributed by atoms with Gasteiger partial charge in [-0.3, -0.25) is 4.79 Å². The first-order valence-corrected chi connectivity index (χ1v) is 8.25. The van der Waals surface area contributed by atoms with Crippen LogP contribution in [0, 0.1) is 6.92 Å². The third kappa shape index (κ3) is 4.29. The predicted octanol–water partition coefficient (Wildman–Crippen LogP) is 4.44. The fraction of sp³-hybridized carbons (Fsp3) is 0.105. The van der Waals surface area contributed by atoms with Crippen molar-refractivity contribution in [1.29, 1.82) is 0 Å². The normalized spacial score (nSPS) is 10.3. The van der Waals surface area contributed by atoms with Crippen molar-refractivity contribution in [3.8, 4) is 5.75 Å². The van der Waals surface area contributed by atoms with E-state index in [2.05, 4.69) is 20.8 Å². The Kier molecular flexibility index (Phi) is 5.34. The minimum Gasteiger partial charge on any atom is -0.496 e.